The van der Waals surface area contributed by atoms with Gasteiger partial charge in [-0.05, 0) is 25.9 Å². The summed E-state index contributed by atoms with van der Waals surface area (Å²) in [4.78, 5) is 16.3. The number of hydrogen-bond acceptors (Lipinski definition) is 5. The summed E-state index contributed by atoms with van der Waals surface area (Å²) < 4.78 is 5.50. The van der Waals surface area contributed by atoms with Gasteiger partial charge in [-0.2, -0.15) is 0 Å². The normalized spacial score (nSPS) is 27.3. The van der Waals surface area contributed by atoms with Gasteiger partial charge in [0.25, 0.3) is 0 Å². The van der Waals surface area contributed by atoms with Crippen molar-refractivity contribution in [2.75, 3.05) is 33.2 Å². The molecule has 0 aliphatic carbocycles. The Morgan fingerprint density at radius 1 is 1.36 bits per heavy atom. The molecule has 2 aliphatic rings. The lowest BCUT2D eigenvalue weighted by Gasteiger charge is -2.39. The Bertz CT molecular complexity index is 760. The molecule has 2 atom stereocenters. The monoisotopic (exact) mass is 341 g/mol. The average Bonchev–Trinajstić information content (AvgIpc) is 3.20. The molecule has 132 valence electrons. The number of likely N-dealkylation sites (tertiary alicyclic amines) is 2. The maximum atomic E-state index is 12.0. The number of benzene rings is 1. The number of aromatic nitrogens is 1. The molecule has 6 nitrogen and oxygen atoms in total. The van der Waals surface area contributed by atoms with Crippen LogP contribution in [0.25, 0.3) is 11.3 Å². The smallest absolute Gasteiger partial charge is 0.312 e. The van der Waals surface area contributed by atoms with Crippen molar-refractivity contribution in [1.82, 2.24) is 15.0 Å². The van der Waals surface area contributed by atoms with E-state index in [1.165, 1.54) is 0 Å². The summed E-state index contributed by atoms with van der Waals surface area (Å²) in [6.45, 7) is 3.57. The van der Waals surface area contributed by atoms with E-state index >= 15 is 0 Å². The van der Waals surface area contributed by atoms with Crippen LogP contribution in [0, 0.1) is 11.3 Å². The van der Waals surface area contributed by atoms with Crippen LogP contribution in [0.15, 0.2) is 40.9 Å². The number of rotatable bonds is 4. The third kappa shape index (κ3) is 2.96. The summed E-state index contributed by atoms with van der Waals surface area (Å²) in [5.41, 5.74) is 1.19. The number of carboxylic acids is 1. The highest BCUT2D eigenvalue weighted by Crippen LogP contribution is 2.42. The molecule has 0 saturated carbocycles. The fourth-order valence-electron chi connectivity index (χ4n) is 4.35. The Morgan fingerprint density at radius 3 is 2.92 bits per heavy atom. The average molecular weight is 341 g/mol. The van der Waals surface area contributed by atoms with Crippen molar-refractivity contribution in [2.24, 2.45) is 11.3 Å². The molecule has 25 heavy (non-hydrogen) atoms. The van der Waals surface area contributed by atoms with Gasteiger partial charge in [-0.3, -0.25) is 9.69 Å². The van der Waals surface area contributed by atoms with Crippen LogP contribution in [0.3, 0.4) is 0 Å². The minimum atomic E-state index is -0.672. The molecule has 1 aromatic heterocycles. The van der Waals surface area contributed by atoms with Crippen LogP contribution < -0.4 is 0 Å². The number of hydrogen-bond donors (Lipinski definition) is 1. The molecule has 3 heterocycles. The van der Waals surface area contributed by atoms with Crippen molar-refractivity contribution in [3.63, 3.8) is 0 Å². The SMILES string of the molecule is CN1CC[C@H]2CN(Cc3cc(-c4ccccc4)no3)C[C@@]2(C(=O)O)C1. The predicted molar refractivity (Wildman–Crippen MR) is 92.9 cm³/mol. The molecule has 6 heteroatoms. The molecule has 4 rings (SSSR count). The molecule has 0 amide bonds. The van der Waals surface area contributed by atoms with Gasteiger partial charge in [-0.25, -0.2) is 0 Å². The van der Waals surface area contributed by atoms with Crippen molar-refractivity contribution in [1.29, 1.82) is 0 Å². The maximum Gasteiger partial charge on any atom is 0.312 e. The van der Waals surface area contributed by atoms with E-state index in [9.17, 15) is 9.90 Å². The van der Waals surface area contributed by atoms with Gasteiger partial charge in [0.15, 0.2) is 5.76 Å². The number of carbonyl (C=O) groups is 1. The lowest BCUT2D eigenvalue weighted by Crippen LogP contribution is -2.52. The summed E-state index contributed by atoms with van der Waals surface area (Å²) in [5, 5.41) is 14.0. The van der Waals surface area contributed by atoms with E-state index in [1.54, 1.807) is 0 Å². The van der Waals surface area contributed by atoms with E-state index in [0.29, 0.717) is 19.6 Å². The molecular weight excluding hydrogens is 318 g/mol. The zero-order valence-corrected chi connectivity index (χ0v) is 14.4. The first-order chi connectivity index (χ1) is 12.1. The maximum absolute atomic E-state index is 12.0. The first-order valence-electron chi connectivity index (χ1n) is 8.72. The van der Waals surface area contributed by atoms with Crippen LogP contribution in [0.1, 0.15) is 12.2 Å². The van der Waals surface area contributed by atoms with Crippen LogP contribution >= 0.6 is 0 Å². The standard InChI is InChI=1S/C19H23N3O3/c1-21-8-7-15-10-22(13-19(15,12-21)18(23)24)11-16-9-17(20-25-16)14-5-3-2-4-6-14/h2-6,9,15H,7-8,10-13H2,1H3,(H,23,24)/t15-,19-/m0/s1. The fraction of sp³-hybridized carbons (Fsp3) is 0.474. The van der Waals surface area contributed by atoms with Crippen LogP contribution in [0.5, 0.6) is 0 Å². The lowest BCUT2D eigenvalue weighted by atomic mass is 9.73. The molecule has 0 radical (unpaired) electrons. The minimum Gasteiger partial charge on any atom is -0.481 e. The van der Waals surface area contributed by atoms with Gasteiger partial charge >= 0.3 is 5.97 Å². The molecular formula is C19H23N3O3. The second-order valence-corrected chi connectivity index (χ2v) is 7.40. The Kier molecular flexibility index (Phi) is 4.09. The molecule has 0 bridgehead atoms. The Balaban J connectivity index is 1.49. The zero-order valence-electron chi connectivity index (χ0n) is 14.4. The molecule has 1 N–H and O–H groups in total. The summed E-state index contributed by atoms with van der Waals surface area (Å²) in [6, 6.07) is 11.9. The first-order valence-corrected chi connectivity index (χ1v) is 8.72. The highest BCUT2D eigenvalue weighted by Gasteiger charge is 2.54. The topological polar surface area (TPSA) is 69.8 Å². The van der Waals surface area contributed by atoms with E-state index in [0.717, 1.165) is 36.5 Å². The molecule has 2 saturated heterocycles. The van der Waals surface area contributed by atoms with Gasteiger partial charge in [-0.15, -0.1) is 0 Å². The minimum absolute atomic E-state index is 0.206. The molecule has 0 unspecified atom stereocenters. The Hall–Kier alpha value is -2.18. The fourth-order valence-corrected chi connectivity index (χ4v) is 4.35. The van der Waals surface area contributed by atoms with E-state index in [1.807, 2.05) is 43.4 Å². The predicted octanol–water partition coefficient (Wildman–Crippen LogP) is 2.18. The van der Waals surface area contributed by atoms with Gasteiger partial charge in [0.2, 0.25) is 0 Å². The van der Waals surface area contributed by atoms with Crippen LogP contribution in [0.2, 0.25) is 0 Å². The largest absolute Gasteiger partial charge is 0.481 e. The Morgan fingerprint density at radius 2 is 2.16 bits per heavy atom. The van der Waals surface area contributed by atoms with Crippen LogP contribution in [-0.4, -0.2) is 59.3 Å². The van der Waals surface area contributed by atoms with Crippen LogP contribution in [0.4, 0.5) is 0 Å². The summed E-state index contributed by atoms with van der Waals surface area (Å²) in [7, 11) is 2.01. The van der Waals surface area contributed by atoms with Gasteiger partial charge in [0.1, 0.15) is 5.69 Å². The van der Waals surface area contributed by atoms with Gasteiger partial charge in [0, 0.05) is 31.3 Å². The van der Waals surface area contributed by atoms with E-state index < -0.39 is 11.4 Å². The van der Waals surface area contributed by atoms with E-state index in [2.05, 4.69) is 15.0 Å². The van der Waals surface area contributed by atoms with E-state index in [4.69, 9.17) is 4.52 Å². The highest BCUT2D eigenvalue weighted by molar-refractivity contribution is 5.76. The summed E-state index contributed by atoms with van der Waals surface area (Å²) >= 11 is 0. The second kappa shape index (κ2) is 6.28. The van der Waals surface area contributed by atoms with Gasteiger partial charge < -0.3 is 14.5 Å². The summed E-state index contributed by atoms with van der Waals surface area (Å²) in [5.74, 6) is 0.318. The summed E-state index contributed by atoms with van der Waals surface area (Å²) in [6.07, 6.45) is 0.935. The number of carboxylic acid groups (broad SMARTS) is 1. The van der Waals surface area contributed by atoms with Crippen molar-refractivity contribution >= 4 is 5.97 Å². The van der Waals surface area contributed by atoms with E-state index in [-0.39, 0.29) is 5.92 Å². The second-order valence-electron chi connectivity index (χ2n) is 7.40. The number of piperidine rings is 1. The quantitative estimate of drug-likeness (QED) is 0.919. The molecule has 2 fully saturated rings. The number of nitrogens with zero attached hydrogens (tertiary/aromatic N) is 3. The van der Waals surface area contributed by atoms with Gasteiger partial charge in [-0.1, -0.05) is 35.5 Å². The van der Waals surface area contributed by atoms with Crippen LogP contribution in [-0.2, 0) is 11.3 Å². The zero-order chi connectivity index (χ0) is 17.4. The van der Waals surface area contributed by atoms with Crippen molar-refractivity contribution < 1.29 is 14.4 Å². The molecule has 1 aromatic carbocycles. The highest BCUT2D eigenvalue weighted by atomic mass is 16.5. The number of fused-ring (bicyclic) bond motifs is 1. The Labute approximate surface area is 147 Å². The molecule has 0 spiro atoms. The van der Waals surface area contributed by atoms with Crippen molar-refractivity contribution in [3.8, 4) is 11.3 Å². The first kappa shape index (κ1) is 16.3. The number of aliphatic carboxylic acids is 1. The van der Waals surface area contributed by atoms with Crippen molar-refractivity contribution in [2.45, 2.75) is 13.0 Å². The van der Waals surface area contributed by atoms with Crippen molar-refractivity contribution in [3.05, 3.63) is 42.2 Å². The van der Waals surface area contributed by atoms with Gasteiger partial charge in [0.05, 0.1) is 12.0 Å². The third-order valence-corrected chi connectivity index (χ3v) is 5.61. The molecule has 2 aliphatic heterocycles. The third-order valence-electron chi connectivity index (χ3n) is 5.61. The lowest BCUT2D eigenvalue weighted by molar-refractivity contribution is -0.154. The molecule has 2 aromatic rings.